The highest BCUT2D eigenvalue weighted by molar-refractivity contribution is 6.27. The number of carbonyl (C=O) groups is 3. The van der Waals surface area contributed by atoms with Gasteiger partial charge in [-0.05, 0) is 31.9 Å². The summed E-state index contributed by atoms with van der Waals surface area (Å²) in [4.78, 5) is 35.9. The molecule has 1 saturated carbocycles. The van der Waals surface area contributed by atoms with Gasteiger partial charge in [-0.1, -0.05) is 37.0 Å². The fourth-order valence-electron chi connectivity index (χ4n) is 3.20. The van der Waals surface area contributed by atoms with E-state index in [1.54, 1.807) is 12.1 Å². The van der Waals surface area contributed by atoms with E-state index in [0.29, 0.717) is 12.1 Å². The summed E-state index contributed by atoms with van der Waals surface area (Å²) in [5.41, 5.74) is 1.12. The molecular weight excluding hydrogens is 354 g/mol. The van der Waals surface area contributed by atoms with Crippen LogP contribution < -0.4 is 16.0 Å². The van der Waals surface area contributed by atoms with Gasteiger partial charge in [-0.3, -0.25) is 14.4 Å². The Bertz CT molecular complexity index is 640. The Morgan fingerprint density at radius 1 is 1.00 bits per heavy atom. The largest absolute Gasteiger partial charge is 0.353 e. The lowest BCUT2D eigenvalue weighted by Gasteiger charge is -2.38. The van der Waals surface area contributed by atoms with E-state index in [2.05, 4.69) is 16.0 Å². The summed E-state index contributed by atoms with van der Waals surface area (Å²) in [6.07, 6.45) is 4.70. The van der Waals surface area contributed by atoms with E-state index in [1.165, 1.54) is 0 Å². The smallest absolute Gasteiger partial charge is 0.251 e. The lowest BCUT2D eigenvalue weighted by molar-refractivity contribution is -0.124. The molecule has 7 heteroatoms. The average Bonchev–Trinajstić information content (AvgIpc) is 2.65. The zero-order valence-corrected chi connectivity index (χ0v) is 15.8. The molecule has 0 spiro atoms. The second-order valence-electron chi connectivity index (χ2n) is 6.85. The Balaban J connectivity index is 1.88. The number of nitrogens with one attached hydrogen (secondary N) is 3. The third-order valence-electron chi connectivity index (χ3n) is 4.68. The summed E-state index contributed by atoms with van der Waals surface area (Å²) in [5, 5.41) is 8.43. The molecule has 6 nitrogen and oxygen atoms in total. The van der Waals surface area contributed by atoms with E-state index in [1.807, 2.05) is 19.1 Å². The molecule has 0 radical (unpaired) electrons. The summed E-state index contributed by atoms with van der Waals surface area (Å²) in [6.45, 7) is 2.20. The zero-order chi connectivity index (χ0) is 19.0. The van der Waals surface area contributed by atoms with E-state index < -0.39 is 5.54 Å². The van der Waals surface area contributed by atoms with Gasteiger partial charge in [0, 0.05) is 12.1 Å². The summed E-state index contributed by atoms with van der Waals surface area (Å²) in [6, 6.07) is 7.16. The van der Waals surface area contributed by atoms with Crippen LogP contribution in [0.2, 0.25) is 0 Å². The van der Waals surface area contributed by atoms with Gasteiger partial charge in [-0.15, -0.1) is 11.6 Å². The topological polar surface area (TPSA) is 87.3 Å². The molecule has 0 saturated heterocycles. The fourth-order valence-corrected chi connectivity index (χ4v) is 3.29. The molecule has 2 rings (SSSR count). The highest BCUT2D eigenvalue weighted by Crippen LogP contribution is 2.27. The first-order valence-corrected chi connectivity index (χ1v) is 9.46. The van der Waals surface area contributed by atoms with Crippen LogP contribution in [0.15, 0.2) is 24.3 Å². The number of carbonyl (C=O) groups excluding carboxylic acids is 3. The Morgan fingerprint density at radius 3 is 2.27 bits per heavy atom. The van der Waals surface area contributed by atoms with Gasteiger partial charge < -0.3 is 16.0 Å². The molecule has 1 aliphatic rings. The lowest BCUT2D eigenvalue weighted by Crippen LogP contribution is -2.58. The fraction of sp³-hybridized carbons (Fsp3) is 0.526. The van der Waals surface area contributed by atoms with Gasteiger partial charge in [-0.2, -0.15) is 0 Å². The number of hydrogen-bond donors (Lipinski definition) is 3. The molecule has 0 bridgehead atoms. The maximum atomic E-state index is 12.4. The minimum Gasteiger partial charge on any atom is -0.353 e. The predicted octanol–water partition coefficient (Wildman–Crippen LogP) is 1.90. The number of aryl methyl sites for hydroxylation is 1. The SMILES string of the molecule is Cc1ccc(C(=O)NCC(=O)NC2(CNC(=O)CCl)CCCCC2)cc1. The van der Waals surface area contributed by atoms with Gasteiger partial charge in [0.1, 0.15) is 5.88 Å². The monoisotopic (exact) mass is 379 g/mol. The van der Waals surface area contributed by atoms with Gasteiger partial charge >= 0.3 is 0 Å². The molecule has 1 fully saturated rings. The van der Waals surface area contributed by atoms with Crippen molar-refractivity contribution in [3.05, 3.63) is 35.4 Å². The molecule has 0 atom stereocenters. The Labute approximate surface area is 159 Å². The average molecular weight is 380 g/mol. The van der Waals surface area contributed by atoms with Crippen molar-refractivity contribution >= 4 is 29.3 Å². The second kappa shape index (κ2) is 9.57. The van der Waals surface area contributed by atoms with E-state index in [4.69, 9.17) is 11.6 Å². The number of amides is 3. The Kier molecular flexibility index (Phi) is 7.45. The van der Waals surface area contributed by atoms with Crippen molar-refractivity contribution in [2.24, 2.45) is 0 Å². The Morgan fingerprint density at radius 2 is 1.65 bits per heavy atom. The summed E-state index contributed by atoms with van der Waals surface area (Å²) in [7, 11) is 0. The molecule has 1 aliphatic carbocycles. The van der Waals surface area contributed by atoms with Crippen molar-refractivity contribution in [2.75, 3.05) is 19.0 Å². The minimum atomic E-state index is -0.467. The second-order valence-corrected chi connectivity index (χ2v) is 7.12. The summed E-state index contributed by atoms with van der Waals surface area (Å²) < 4.78 is 0. The highest BCUT2D eigenvalue weighted by atomic mass is 35.5. The number of rotatable bonds is 7. The third-order valence-corrected chi connectivity index (χ3v) is 4.93. The molecule has 1 aromatic rings. The lowest BCUT2D eigenvalue weighted by atomic mass is 9.81. The highest BCUT2D eigenvalue weighted by Gasteiger charge is 2.33. The molecule has 0 heterocycles. The summed E-state index contributed by atoms with van der Waals surface area (Å²) in [5.74, 6) is -0.893. The molecule has 142 valence electrons. The first-order chi connectivity index (χ1) is 12.4. The van der Waals surface area contributed by atoms with Gasteiger partial charge in [0.05, 0.1) is 12.1 Å². The van der Waals surface area contributed by atoms with Crippen LogP contribution in [0.4, 0.5) is 0 Å². The van der Waals surface area contributed by atoms with E-state index >= 15 is 0 Å². The molecule has 0 unspecified atom stereocenters. The quantitative estimate of drug-likeness (QED) is 0.632. The van der Waals surface area contributed by atoms with E-state index in [-0.39, 0.29) is 30.1 Å². The van der Waals surface area contributed by atoms with Crippen molar-refractivity contribution in [3.63, 3.8) is 0 Å². The van der Waals surface area contributed by atoms with Crippen LogP contribution in [0.3, 0.4) is 0 Å². The number of hydrogen-bond acceptors (Lipinski definition) is 3. The number of alkyl halides is 1. The van der Waals surface area contributed by atoms with Gasteiger partial charge in [0.25, 0.3) is 5.91 Å². The molecule has 3 N–H and O–H groups in total. The van der Waals surface area contributed by atoms with Crippen LogP contribution in [0.5, 0.6) is 0 Å². The van der Waals surface area contributed by atoms with Crippen LogP contribution in [0.25, 0.3) is 0 Å². The van der Waals surface area contributed by atoms with Crippen molar-refractivity contribution < 1.29 is 14.4 Å². The standard InChI is InChI=1S/C19H26ClN3O3/c1-14-5-7-15(8-6-14)18(26)21-12-17(25)23-19(9-3-2-4-10-19)13-22-16(24)11-20/h5-8H,2-4,9-13H2,1H3,(H,21,26)(H,22,24)(H,23,25). The van der Waals surface area contributed by atoms with Gasteiger partial charge in [0.15, 0.2) is 0 Å². The molecule has 0 aromatic heterocycles. The maximum Gasteiger partial charge on any atom is 0.251 e. The zero-order valence-electron chi connectivity index (χ0n) is 15.1. The van der Waals surface area contributed by atoms with Crippen LogP contribution >= 0.6 is 11.6 Å². The van der Waals surface area contributed by atoms with Crippen molar-refractivity contribution in [3.8, 4) is 0 Å². The van der Waals surface area contributed by atoms with Crippen LogP contribution in [0.1, 0.15) is 48.0 Å². The van der Waals surface area contributed by atoms with Crippen molar-refractivity contribution in [1.82, 2.24) is 16.0 Å². The van der Waals surface area contributed by atoms with E-state index in [9.17, 15) is 14.4 Å². The maximum absolute atomic E-state index is 12.4. The van der Waals surface area contributed by atoms with Crippen LogP contribution in [-0.4, -0.2) is 42.2 Å². The third kappa shape index (κ3) is 6.02. The molecular formula is C19H26ClN3O3. The first kappa shape index (κ1) is 20.2. The van der Waals surface area contributed by atoms with Crippen LogP contribution in [0, 0.1) is 6.92 Å². The van der Waals surface area contributed by atoms with Crippen molar-refractivity contribution in [2.45, 2.75) is 44.6 Å². The normalized spacial score (nSPS) is 15.8. The molecule has 1 aromatic carbocycles. The number of benzene rings is 1. The van der Waals surface area contributed by atoms with Gasteiger partial charge in [0.2, 0.25) is 11.8 Å². The Hall–Kier alpha value is -2.08. The predicted molar refractivity (Wildman–Crippen MR) is 101 cm³/mol. The number of halogens is 1. The minimum absolute atomic E-state index is 0.0993. The molecule has 26 heavy (non-hydrogen) atoms. The van der Waals surface area contributed by atoms with E-state index in [0.717, 1.165) is 37.7 Å². The van der Waals surface area contributed by atoms with Gasteiger partial charge in [-0.25, -0.2) is 0 Å². The summed E-state index contributed by atoms with van der Waals surface area (Å²) >= 11 is 5.53. The molecule has 0 aliphatic heterocycles. The molecule has 3 amide bonds. The van der Waals surface area contributed by atoms with Crippen LogP contribution in [-0.2, 0) is 9.59 Å². The first-order valence-electron chi connectivity index (χ1n) is 8.93. The van der Waals surface area contributed by atoms with Crippen molar-refractivity contribution in [1.29, 1.82) is 0 Å².